The van der Waals surface area contributed by atoms with E-state index in [0.717, 1.165) is 23.0 Å². The van der Waals surface area contributed by atoms with Gasteiger partial charge in [-0.05, 0) is 54.8 Å². The van der Waals surface area contributed by atoms with Crippen LogP contribution in [0.4, 0.5) is 18.9 Å². The molecule has 0 fully saturated rings. The Bertz CT molecular complexity index is 1150. The first-order valence-corrected chi connectivity index (χ1v) is 9.91. The molecule has 0 saturated heterocycles. The molecule has 0 bridgehead atoms. The second kappa shape index (κ2) is 8.47. The Labute approximate surface area is 176 Å². The summed E-state index contributed by atoms with van der Waals surface area (Å²) in [5, 5.41) is 12.9. The van der Waals surface area contributed by atoms with Crippen LogP contribution in [0, 0.1) is 0 Å². The number of allylic oxidation sites excluding steroid dienone is 1. The highest BCUT2D eigenvalue weighted by Crippen LogP contribution is 2.38. The zero-order chi connectivity index (χ0) is 22.0. The van der Waals surface area contributed by atoms with Crippen molar-refractivity contribution in [2.75, 3.05) is 18.5 Å². The van der Waals surface area contributed by atoms with E-state index in [0.29, 0.717) is 36.2 Å². The number of amides is 1. The topological polar surface area (TPSA) is 63.5 Å². The van der Waals surface area contributed by atoms with Gasteiger partial charge in [-0.2, -0.15) is 13.2 Å². The quantitative estimate of drug-likeness (QED) is 0.582. The predicted molar refractivity (Wildman–Crippen MR) is 112 cm³/mol. The number of benzene rings is 2. The molecular weight excluding hydrogens is 409 g/mol. The van der Waals surface area contributed by atoms with Crippen molar-refractivity contribution < 1.29 is 27.8 Å². The van der Waals surface area contributed by atoms with Gasteiger partial charge in [-0.25, -0.2) is 0 Å². The summed E-state index contributed by atoms with van der Waals surface area (Å²) in [6.45, 7) is 0.805. The molecule has 0 saturated carbocycles. The zero-order valence-corrected chi connectivity index (χ0v) is 16.6. The van der Waals surface area contributed by atoms with E-state index in [-0.39, 0.29) is 24.9 Å². The summed E-state index contributed by atoms with van der Waals surface area (Å²) in [5.41, 5.74) is 1.90. The Morgan fingerprint density at radius 2 is 2.03 bits per heavy atom. The molecule has 0 atom stereocenters. The molecule has 3 aromatic rings. The van der Waals surface area contributed by atoms with E-state index in [2.05, 4.69) is 5.32 Å². The van der Waals surface area contributed by atoms with Gasteiger partial charge < -0.3 is 19.7 Å². The number of ether oxygens (including phenoxy) is 1. The van der Waals surface area contributed by atoms with Gasteiger partial charge in [0.1, 0.15) is 5.75 Å². The zero-order valence-electron chi connectivity index (χ0n) is 16.6. The molecule has 0 unspecified atom stereocenters. The molecule has 1 aromatic heterocycles. The maximum Gasteiger partial charge on any atom is 0.416 e. The van der Waals surface area contributed by atoms with E-state index in [1.807, 2.05) is 29.0 Å². The van der Waals surface area contributed by atoms with Crippen LogP contribution in [0.25, 0.3) is 16.5 Å². The van der Waals surface area contributed by atoms with Crippen LogP contribution in [0.1, 0.15) is 24.0 Å². The van der Waals surface area contributed by atoms with Crippen LogP contribution >= 0.6 is 0 Å². The van der Waals surface area contributed by atoms with E-state index < -0.39 is 11.7 Å². The second-order valence-electron chi connectivity index (χ2n) is 7.33. The summed E-state index contributed by atoms with van der Waals surface area (Å²) in [6, 6.07) is 10.7. The lowest BCUT2D eigenvalue weighted by molar-refractivity contribution is -0.137. The van der Waals surface area contributed by atoms with Gasteiger partial charge in [-0.15, -0.1) is 0 Å². The lowest BCUT2D eigenvalue weighted by Crippen LogP contribution is -2.09. The third-order valence-electron chi connectivity index (χ3n) is 5.19. The number of nitrogens with zero attached hydrogens (tertiary/aromatic N) is 1. The van der Waals surface area contributed by atoms with Gasteiger partial charge in [0.15, 0.2) is 0 Å². The standard InChI is InChI=1S/C23H21F3N2O3/c24-23(25,26)17-3-5-19-15(2-1-11-31-21(19)14-17)13-22(30)27-18-4-6-20-16(12-18)7-8-28(20)9-10-29/h3-8,12-14,29H,1-2,9-11H2,(H,27,30)/b15-13+. The van der Waals surface area contributed by atoms with E-state index in [9.17, 15) is 18.0 Å². The average molecular weight is 430 g/mol. The van der Waals surface area contributed by atoms with E-state index >= 15 is 0 Å². The predicted octanol–water partition coefficient (Wildman–Crippen LogP) is 4.85. The average Bonchev–Trinajstić information content (AvgIpc) is 3.00. The molecule has 5 nitrogen and oxygen atoms in total. The molecule has 2 heterocycles. The Morgan fingerprint density at radius 1 is 1.19 bits per heavy atom. The van der Waals surface area contributed by atoms with Crippen molar-refractivity contribution in [3.05, 3.63) is 65.9 Å². The highest BCUT2D eigenvalue weighted by Gasteiger charge is 2.32. The molecule has 1 aliphatic rings. The first kappa shape index (κ1) is 21.0. The van der Waals surface area contributed by atoms with Crippen LogP contribution in [-0.2, 0) is 17.5 Å². The molecule has 0 spiro atoms. The number of aromatic nitrogens is 1. The van der Waals surface area contributed by atoms with Crippen molar-refractivity contribution in [3.8, 4) is 5.75 Å². The fourth-order valence-electron chi connectivity index (χ4n) is 3.73. The number of alkyl halides is 3. The highest BCUT2D eigenvalue weighted by atomic mass is 19.4. The molecule has 1 aliphatic heterocycles. The molecule has 0 aliphatic carbocycles. The smallest absolute Gasteiger partial charge is 0.416 e. The van der Waals surface area contributed by atoms with Crippen molar-refractivity contribution in [2.45, 2.75) is 25.6 Å². The Kier molecular flexibility index (Phi) is 5.73. The van der Waals surface area contributed by atoms with Gasteiger partial charge in [-0.1, -0.05) is 6.07 Å². The molecule has 8 heteroatoms. The van der Waals surface area contributed by atoms with Gasteiger partial charge in [0.2, 0.25) is 5.91 Å². The van der Waals surface area contributed by atoms with Gasteiger partial charge >= 0.3 is 6.18 Å². The molecular formula is C23H21F3N2O3. The lowest BCUT2D eigenvalue weighted by atomic mass is 9.99. The minimum Gasteiger partial charge on any atom is -0.493 e. The van der Waals surface area contributed by atoms with Crippen molar-refractivity contribution in [1.82, 2.24) is 4.57 Å². The number of halogens is 3. The first-order valence-electron chi connectivity index (χ1n) is 9.91. The number of carbonyl (C=O) groups is 1. The van der Waals surface area contributed by atoms with Crippen LogP contribution in [0.3, 0.4) is 0 Å². The normalized spacial score (nSPS) is 15.4. The van der Waals surface area contributed by atoms with Gasteiger partial charge in [0, 0.05) is 41.0 Å². The number of nitrogens with one attached hydrogen (secondary N) is 1. The number of aliphatic hydroxyl groups is 1. The number of aliphatic hydroxyl groups excluding tert-OH is 1. The van der Waals surface area contributed by atoms with Gasteiger partial charge in [0.25, 0.3) is 0 Å². The van der Waals surface area contributed by atoms with Crippen molar-refractivity contribution in [1.29, 1.82) is 0 Å². The summed E-state index contributed by atoms with van der Waals surface area (Å²) < 4.78 is 46.5. The third-order valence-corrected chi connectivity index (χ3v) is 5.19. The van der Waals surface area contributed by atoms with Crippen molar-refractivity contribution in [3.63, 3.8) is 0 Å². The van der Waals surface area contributed by atoms with E-state index in [1.54, 1.807) is 6.07 Å². The Morgan fingerprint density at radius 3 is 2.81 bits per heavy atom. The molecule has 1 amide bonds. The van der Waals surface area contributed by atoms with Gasteiger partial charge in [0.05, 0.1) is 18.8 Å². The maximum absolute atomic E-state index is 13.0. The van der Waals surface area contributed by atoms with Crippen molar-refractivity contribution in [2.24, 2.45) is 0 Å². The van der Waals surface area contributed by atoms with Crippen molar-refractivity contribution >= 4 is 28.1 Å². The summed E-state index contributed by atoms with van der Waals surface area (Å²) in [7, 11) is 0. The minimum atomic E-state index is -4.46. The maximum atomic E-state index is 13.0. The van der Waals surface area contributed by atoms with E-state index in [1.165, 1.54) is 12.1 Å². The lowest BCUT2D eigenvalue weighted by Gasteiger charge is -2.13. The van der Waals surface area contributed by atoms with E-state index in [4.69, 9.17) is 9.84 Å². The number of fused-ring (bicyclic) bond motifs is 2. The SMILES string of the molecule is O=C(/C=C1\CCCOc2cc(C(F)(F)F)ccc21)Nc1ccc2c(ccn2CCO)c1. The van der Waals surface area contributed by atoms with Gasteiger partial charge in [-0.3, -0.25) is 4.79 Å². The summed E-state index contributed by atoms with van der Waals surface area (Å²) >= 11 is 0. The van der Waals surface area contributed by atoms with Crippen LogP contribution in [0.15, 0.2) is 54.7 Å². The number of hydrogen-bond acceptors (Lipinski definition) is 3. The van der Waals surface area contributed by atoms with Crippen LogP contribution in [-0.4, -0.2) is 28.8 Å². The van der Waals surface area contributed by atoms with Crippen LogP contribution in [0.5, 0.6) is 5.75 Å². The molecule has 4 rings (SSSR count). The summed E-state index contributed by atoms with van der Waals surface area (Å²) in [5.74, 6) is -0.227. The monoisotopic (exact) mass is 430 g/mol. The first-order chi connectivity index (χ1) is 14.8. The number of hydrogen-bond donors (Lipinski definition) is 2. The highest BCUT2D eigenvalue weighted by molar-refractivity contribution is 6.05. The minimum absolute atomic E-state index is 0.0332. The second-order valence-corrected chi connectivity index (χ2v) is 7.33. The Balaban J connectivity index is 1.57. The fourth-order valence-corrected chi connectivity index (χ4v) is 3.73. The number of carbonyl (C=O) groups excluding carboxylic acids is 1. The van der Waals surface area contributed by atoms with Crippen LogP contribution < -0.4 is 10.1 Å². The summed E-state index contributed by atoms with van der Waals surface area (Å²) in [6.07, 6.45) is -0.0525. The number of rotatable bonds is 4. The number of anilines is 1. The Hall–Kier alpha value is -3.26. The summed E-state index contributed by atoms with van der Waals surface area (Å²) in [4.78, 5) is 12.6. The molecule has 31 heavy (non-hydrogen) atoms. The third kappa shape index (κ3) is 4.59. The molecule has 2 aromatic carbocycles. The largest absolute Gasteiger partial charge is 0.493 e. The molecule has 2 N–H and O–H groups in total. The van der Waals surface area contributed by atoms with Crippen LogP contribution in [0.2, 0.25) is 0 Å². The molecule has 162 valence electrons. The fraction of sp³-hybridized carbons (Fsp3) is 0.261. The molecule has 0 radical (unpaired) electrons.